The summed E-state index contributed by atoms with van der Waals surface area (Å²) >= 11 is 0. The third-order valence-electron chi connectivity index (χ3n) is 7.29. The van der Waals surface area contributed by atoms with Crippen molar-refractivity contribution in [2.45, 2.75) is 13.0 Å². The Morgan fingerprint density at radius 2 is 1.76 bits per heavy atom. The second-order valence-corrected chi connectivity index (χ2v) is 9.79. The van der Waals surface area contributed by atoms with Gasteiger partial charge in [0.2, 0.25) is 5.95 Å². The summed E-state index contributed by atoms with van der Waals surface area (Å²) in [4.78, 5) is 39.6. The van der Waals surface area contributed by atoms with E-state index in [0.717, 1.165) is 57.9 Å². The lowest BCUT2D eigenvalue weighted by Crippen LogP contribution is -2.48. The van der Waals surface area contributed by atoms with E-state index in [9.17, 15) is 9.59 Å². The van der Waals surface area contributed by atoms with Crippen molar-refractivity contribution >= 4 is 17.6 Å². The van der Waals surface area contributed by atoms with Crippen molar-refractivity contribution in [3.63, 3.8) is 0 Å². The highest BCUT2D eigenvalue weighted by molar-refractivity contribution is 5.65. The number of nitrogens with zero attached hydrogens (tertiary/aromatic N) is 6. The maximum atomic E-state index is 12.8. The Morgan fingerprint density at radius 3 is 2.47 bits per heavy atom. The highest BCUT2D eigenvalue weighted by Gasteiger charge is 2.25. The van der Waals surface area contributed by atoms with E-state index in [-0.39, 0.29) is 17.6 Å². The van der Waals surface area contributed by atoms with E-state index in [1.165, 1.54) is 18.2 Å². The first kappa shape index (κ1) is 25.9. The Labute approximate surface area is 222 Å². The predicted octanol–water partition coefficient (Wildman–Crippen LogP) is 1.68. The largest absolute Gasteiger partial charge is 0.465 e. The number of benzene rings is 1. The molecule has 0 unspecified atom stereocenters. The number of rotatable bonds is 7. The van der Waals surface area contributed by atoms with Gasteiger partial charge in [-0.25, -0.2) is 4.98 Å². The number of anilines is 2. The van der Waals surface area contributed by atoms with Crippen LogP contribution in [0.5, 0.6) is 0 Å². The molecule has 2 fully saturated rings. The lowest BCUT2D eigenvalue weighted by molar-refractivity contribution is -0.141. The molecule has 2 saturated heterocycles. The number of nitrogens with one attached hydrogen (secondary N) is 1. The van der Waals surface area contributed by atoms with Gasteiger partial charge in [0.15, 0.2) is 0 Å². The summed E-state index contributed by atoms with van der Waals surface area (Å²) in [5.74, 6) is 0.456. The van der Waals surface area contributed by atoms with E-state index in [4.69, 9.17) is 9.72 Å². The smallest absolute Gasteiger partial charge is 0.302 e. The van der Waals surface area contributed by atoms with Crippen LogP contribution in [0.15, 0.2) is 59.7 Å². The van der Waals surface area contributed by atoms with Crippen molar-refractivity contribution in [2.24, 2.45) is 7.05 Å². The lowest BCUT2D eigenvalue weighted by atomic mass is 10.0. The Morgan fingerprint density at radius 1 is 1.03 bits per heavy atom. The van der Waals surface area contributed by atoms with Crippen LogP contribution >= 0.6 is 0 Å². The standard InChI is InChI=1S/C28H35N7O3/c1-21(36)38-18-17-33-13-15-34(16-14-33)24-5-3-22(4-6-24)26-20-35(12-11-30-26)28-31-25(19-27(37)32(28)2)23-7-9-29-10-8-23/h3-10,19,26,30H,11-18,20H2,1-2H3/t26-/m1/s1. The van der Waals surface area contributed by atoms with Gasteiger partial charge in [0.1, 0.15) is 6.61 Å². The zero-order chi connectivity index (χ0) is 26.5. The Hall–Kier alpha value is -3.76. The average Bonchev–Trinajstić information content (AvgIpc) is 2.95. The molecule has 38 heavy (non-hydrogen) atoms. The molecule has 0 saturated carbocycles. The van der Waals surface area contributed by atoms with Crippen LogP contribution in [-0.2, 0) is 16.6 Å². The summed E-state index contributed by atoms with van der Waals surface area (Å²) < 4.78 is 6.70. The molecule has 0 radical (unpaired) electrons. The molecule has 10 nitrogen and oxygen atoms in total. The summed E-state index contributed by atoms with van der Waals surface area (Å²) in [6.07, 6.45) is 3.43. The number of carbonyl (C=O) groups excluding carboxylic acids is 1. The predicted molar refractivity (Wildman–Crippen MR) is 147 cm³/mol. The van der Waals surface area contributed by atoms with Crippen LogP contribution < -0.4 is 20.7 Å². The first-order valence-corrected chi connectivity index (χ1v) is 13.2. The molecule has 1 aromatic carbocycles. The molecule has 1 N–H and O–H groups in total. The highest BCUT2D eigenvalue weighted by atomic mass is 16.5. The fraction of sp³-hybridized carbons (Fsp3) is 0.429. The number of piperazine rings is 2. The van der Waals surface area contributed by atoms with Gasteiger partial charge < -0.3 is 19.9 Å². The number of hydrogen-bond acceptors (Lipinski definition) is 9. The van der Waals surface area contributed by atoms with Crippen LogP contribution in [0, 0.1) is 0 Å². The van der Waals surface area contributed by atoms with Crippen LogP contribution in [0.4, 0.5) is 11.6 Å². The van der Waals surface area contributed by atoms with Gasteiger partial charge in [0.05, 0.1) is 5.69 Å². The minimum absolute atomic E-state index is 0.0762. The van der Waals surface area contributed by atoms with Crippen LogP contribution in [0.3, 0.4) is 0 Å². The number of ether oxygens (including phenoxy) is 1. The van der Waals surface area contributed by atoms with Crippen LogP contribution in [0.1, 0.15) is 18.5 Å². The molecular formula is C28H35N7O3. The molecule has 0 amide bonds. The first-order valence-electron chi connectivity index (χ1n) is 13.2. The van der Waals surface area contributed by atoms with Crippen molar-refractivity contribution in [3.05, 3.63) is 70.8 Å². The summed E-state index contributed by atoms with van der Waals surface area (Å²) in [6.45, 7) is 8.77. The van der Waals surface area contributed by atoms with Crippen molar-refractivity contribution in [1.82, 2.24) is 24.8 Å². The fourth-order valence-electron chi connectivity index (χ4n) is 5.10. The topological polar surface area (TPSA) is 95.8 Å². The van der Waals surface area contributed by atoms with E-state index < -0.39 is 0 Å². The zero-order valence-corrected chi connectivity index (χ0v) is 22.0. The van der Waals surface area contributed by atoms with Gasteiger partial charge >= 0.3 is 5.97 Å². The molecule has 2 aliphatic heterocycles. The number of pyridine rings is 1. The molecule has 2 aliphatic rings. The van der Waals surface area contributed by atoms with Crippen LogP contribution in [0.25, 0.3) is 11.3 Å². The van der Waals surface area contributed by atoms with Gasteiger partial charge in [-0.1, -0.05) is 12.1 Å². The minimum atomic E-state index is -0.224. The van der Waals surface area contributed by atoms with Gasteiger partial charge in [-0.3, -0.25) is 24.0 Å². The summed E-state index contributed by atoms with van der Waals surface area (Å²) in [6, 6.07) is 14.2. The van der Waals surface area contributed by atoms with E-state index in [1.807, 2.05) is 12.1 Å². The normalized spacial score (nSPS) is 18.4. The number of carbonyl (C=O) groups is 1. The molecule has 2 aromatic heterocycles. The monoisotopic (exact) mass is 517 g/mol. The SMILES string of the molecule is CC(=O)OCCN1CCN(c2ccc([C@H]3CN(c4nc(-c5ccncc5)cc(=O)n4C)CCN3)cc2)CC1. The number of hydrogen-bond donors (Lipinski definition) is 1. The molecular weight excluding hydrogens is 482 g/mol. The molecule has 5 rings (SSSR count). The van der Waals surface area contributed by atoms with Crippen molar-refractivity contribution in [2.75, 3.05) is 68.8 Å². The fourth-order valence-corrected chi connectivity index (χ4v) is 5.10. The molecule has 4 heterocycles. The number of esters is 1. The Bertz CT molecular complexity index is 1290. The second-order valence-electron chi connectivity index (χ2n) is 9.79. The van der Waals surface area contributed by atoms with Gasteiger partial charge in [0, 0.05) is 102 Å². The Balaban J connectivity index is 1.23. The molecule has 1 atom stereocenters. The van der Waals surface area contributed by atoms with E-state index >= 15 is 0 Å². The van der Waals surface area contributed by atoms with E-state index in [0.29, 0.717) is 18.2 Å². The van der Waals surface area contributed by atoms with Crippen molar-refractivity contribution in [3.8, 4) is 11.3 Å². The van der Waals surface area contributed by atoms with Crippen molar-refractivity contribution < 1.29 is 9.53 Å². The van der Waals surface area contributed by atoms with Crippen LogP contribution in [0.2, 0.25) is 0 Å². The molecule has 0 spiro atoms. The van der Waals surface area contributed by atoms with Gasteiger partial charge in [-0.15, -0.1) is 0 Å². The van der Waals surface area contributed by atoms with Gasteiger partial charge in [-0.2, -0.15) is 0 Å². The summed E-state index contributed by atoms with van der Waals surface area (Å²) in [7, 11) is 1.78. The third-order valence-corrected chi connectivity index (χ3v) is 7.29. The quantitative estimate of drug-likeness (QED) is 0.470. The third kappa shape index (κ3) is 6.03. The van der Waals surface area contributed by atoms with Gasteiger partial charge in [0.25, 0.3) is 5.56 Å². The van der Waals surface area contributed by atoms with E-state index in [1.54, 1.807) is 30.1 Å². The molecule has 10 heteroatoms. The van der Waals surface area contributed by atoms with Crippen LogP contribution in [-0.4, -0.2) is 84.4 Å². The summed E-state index contributed by atoms with van der Waals surface area (Å²) in [5.41, 5.74) is 3.90. The lowest BCUT2D eigenvalue weighted by Gasteiger charge is -2.37. The Kier molecular flexibility index (Phi) is 8.00. The maximum Gasteiger partial charge on any atom is 0.302 e. The highest BCUT2D eigenvalue weighted by Crippen LogP contribution is 2.25. The first-order chi connectivity index (χ1) is 18.5. The molecule has 0 bridgehead atoms. The molecule has 0 aliphatic carbocycles. The molecule has 200 valence electrons. The summed E-state index contributed by atoms with van der Waals surface area (Å²) in [5, 5.41) is 3.63. The molecule has 3 aromatic rings. The second kappa shape index (κ2) is 11.7. The zero-order valence-electron chi connectivity index (χ0n) is 22.0. The number of aromatic nitrogens is 3. The van der Waals surface area contributed by atoms with Crippen molar-refractivity contribution in [1.29, 1.82) is 0 Å². The van der Waals surface area contributed by atoms with Gasteiger partial charge in [-0.05, 0) is 29.8 Å². The van der Waals surface area contributed by atoms with E-state index in [2.05, 4.69) is 49.3 Å². The maximum absolute atomic E-state index is 12.8. The minimum Gasteiger partial charge on any atom is -0.465 e. The average molecular weight is 518 g/mol.